The minimum atomic E-state index is -0.762. The predicted molar refractivity (Wildman–Crippen MR) is 270 cm³/mol. The van der Waals surface area contributed by atoms with Crippen LogP contribution in [-0.4, -0.2) is 37.2 Å². The maximum atomic E-state index is 12.8. The van der Waals surface area contributed by atoms with Gasteiger partial charge in [-0.15, -0.1) is 0 Å². The lowest BCUT2D eigenvalue weighted by Crippen LogP contribution is -2.30. The highest BCUT2D eigenvalue weighted by molar-refractivity contribution is 5.71. The van der Waals surface area contributed by atoms with Crippen molar-refractivity contribution in [2.75, 3.05) is 13.2 Å². The second-order valence-electron chi connectivity index (χ2n) is 20.5. The van der Waals surface area contributed by atoms with Gasteiger partial charge in [0.15, 0.2) is 6.10 Å². The van der Waals surface area contributed by atoms with E-state index in [1.807, 2.05) is 0 Å². The summed E-state index contributed by atoms with van der Waals surface area (Å²) in [5, 5.41) is 0. The van der Waals surface area contributed by atoms with Crippen LogP contribution in [0.15, 0.2) is 0 Å². The van der Waals surface area contributed by atoms with Crippen LogP contribution in [0.5, 0.6) is 0 Å². The molecule has 0 aliphatic carbocycles. The summed E-state index contributed by atoms with van der Waals surface area (Å²) in [7, 11) is 0. The van der Waals surface area contributed by atoms with Crippen LogP contribution in [0, 0.1) is 11.8 Å². The van der Waals surface area contributed by atoms with Crippen molar-refractivity contribution in [2.24, 2.45) is 11.8 Å². The summed E-state index contributed by atoms with van der Waals surface area (Å²) in [6, 6.07) is 0. The van der Waals surface area contributed by atoms with Gasteiger partial charge in [-0.3, -0.25) is 14.4 Å². The predicted octanol–water partition coefficient (Wildman–Crippen LogP) is 18.5. The molecule has 0 amide bonds. The molecule has 6 heteroatoms. The van der Waals surface area contributed by atoms with E-state index in [9.17, 15) is 14.4 Å². The van der Waals surface area contributed by atoms with Crippen LogP contribution in [0.2, 0.25) is 0 Å². The first-order valence-corrected chi connectivity index (χ1v) is 28.2. The van der Waals surface area contributed by atoms with Gasteiger partial charge in [-0.25, -0.2) is 0 Å². The lowest BCUT2D eigenvalue weighted by molar-refractivity contribution is -0.167. The molecule has 0 fully saturated rings. The minimum absolute atomic E-state index is 0.0632. The van der Waals surface area contributed by atoms with Gasteiger partial charge in [-0.1, -0.05) is 279 Å². The average Bonchev–Trinajstić information content (AvgIpc) is 3.25. The van der Waals surface area contributed by atoms with E-state index >= 15 is 0 Å². The van der Waals surface area contributed by atoms with Gasteiger partial charge in [0, 0.05) is 19.3 Å². The van der Waals surface area contributed by atoms with Gasteiger partial charge in [-0.2, -0.15) is 0 Å². The second-order valence-corrected chi connectivity index (χ2v) is 20.5. The standard InChI is InChI=1S/C57H110O6/c1-6-7-8-9-10-11-12-13-16-20-23-26-32-37-42-47-55(58)61-50-54(51-62-56(59)48-43-38-33-29-28-31-36-41-46-53(4)5)63-57(60)49-44-39-34-27-24-21-18-15-14-17-19-22-25-30-35-40-45-52(2)3/h52-54H,6-51H2,1-5H3/t54-/m1/s1. The van der Waals surface area contributed by atoms with Crippen molar-refractivity contribution in [2.45, 2.75) is 323 Å². The molecule has 0 rings (SSSR count). The van der Waals surface area contributed by atoms with Crippen molar-refractivity contribution in [3.05, 3.63) is 0 Å². The van der Waals surface area contributed by atoms with Crippen molar-refractivity contribution in [1.29, 1.82) is 0 Å². The zero-order valence-corrected chi connectivity index (χ0v) is 43.2. The fourth-order valence-corrected chi connectivity index (χ4v) is 8.70. The Labute approximate surface area is 393 Å². The minimum Gasteiger partial charge on any atom is -0.462 e. The molecule has 0 bridgehead atoms. The quantitative estimate of drug-likeness (QED) is 0.0344. The molecule has 0 radical (unpaired) electrons. The summed E-state index contributed by atoms with van der Waals surface area (Å²) in [4.78, 5) is 38.1. The fourth-order valence-electron chi connectivity index (χ4n) is 8.70. The summed E-state index contributed by atoms with van der Waals surface area (Å²) in [6.45, 7) is 11.4. The number of hydrogen-bond acceptors (Lipinski definition) is 6. The van der Waals surface area contributed by atoms with E-state index in [1.54, 1.807) is 0 Å². The van der Waals surface area contributed by atoms with Crippen LogP contribution in [0.3, 0.4) is 0 Å². The largest absolute Gasteiger partial charge is 0.462 e. The Bertz CT molecular complexity index is 962. The van der Waals surface area contributed by atoms with Crippen LogP contribution in [0.4, 0.5) is 0 Å². The van der Waals surface area contributed by atoms with Gasteiger partial charge in [0.25, 0.3) is 0 Å². The highest BCUT2D eigenvalue weighted by Crippen LogP contribution is 2.18. The lowest BCUT2D eigenvalue weighted by atomic mass is 10.0. The number of rotatable bonds is 51. The van der Waals surface area contributed by atoms with Gasteiger partial charge in [-0.05, 0) is 31.1 Å². The third-order valence-electron chi connectivity index (χ3n) is 13.0. The molecule has 0 aromatic carbocycles. The van der Waals surface area contributed by atoms with Gasteiger partial charge >= 0.3 is 17.9 Å². The molecule has 0 spiro atoms. The number of unbranched alkanes of at least 4 members (excludes halogenated alkanes) is 36. The van der Waals surface area contributed by atoms with Gasteiger partial charge in [0.2, 0.25) is 0 Å². The summed E-state index contributed by atoms with van der Waals surface area (Å²) in [6.07, 6.45) is 52.4. The van der Waals surface area contributed by atoms with E-state index in [0.717, 1.165) is 69.6 Å². The summed E-state index contributed by atoms with van der Waals surface area (Å²) in [5.41, 5.74) is 0. The van der Waals surface area contributed by atoms with Crippen LogP contribution in [-0.2, 0) is 28.6 Å². The Kier molecular flexibility index (Phi) is 48.6. The third kappa shape index (κ3) is 51.3. The fraction of sp³-hybridized carbons (Fsp3) is 0.947. The molecule has 63 heavy (non-hydrogen) atoms. The summed E-state index contributed by atoms with van der Waals surface area (Å²) >= 11 is 0. The summed E-state index contributed by atoms with van der Waals surface area (Å²) in [5.74, 6) is 0.805. The molecule has 0 aromatic heterocycles. The highest BCUT2D eigenvalue weighted by atomic mass is 16.6. The molecular formula is C57H110O6. The van der Waals surface area contributed by atoms with Gasteiger partial charge in [0.1, 0.15) is 13.2 Å². The van der Waals surface area contributed by atoms with E-state index in [4.69, 9.17) is 14.2 Å². The van der Waals surface area contributed by atoms with Crippen molar-refractivity contribution in [1.82, 2.24) is 0 Å². The van der Waals surface area contributed by atoms with Crippen molar-refractivity contribution in [3.8, 4) is 0 Å². The van der Waals surface area contributed by atoms with E-state index in [-0.39, 0.29) is 31.1 Å². The van der Waals surface area contributed by atoms with Gasteiger partial charge < -0.3 is 14.2 Å². The number of carbonyl (C=O) groups excluding carboxylic acids is 3. The highest BCUT2D eigenvalue weighted by Gasteiger charge is 2.19. The third-order valence-corrected chi connectivity index (χ3v) is 13.0. The van der Waals surface area contributed by atoms with Crippen LogP contribution in [0.25, 0.3) is 0 Å². The number of ether oxygens (including phenoxy) is 3. The molecule has 0 saturated heterocycles. The van der Waals surface area contributed by atoms with E-state index in [1.165, 1.54) is 205 Å². The molecule has 0 N–H and O–H groups in total. The van der Waals surface area contributed by atoms with Crippen molar-refractivity contribution >= 4 is 17.9 Å². The molecule has 0 aliphatic heterocycles. The molecule has 1 atom stereocenters. The normalized spacial score (nSPS) is 12.0. The molecular weight excluding hydrogens is 781 g/mol. The Morgan fingerprint density at radius 1 is 0.302 bits per heavy atom. The first-order valence-electron chi connectivity index (χ1n) is 28.2. The lowest BCUT2D eigenvalue weighted by Gasteiger charge is -2.18. The SMILES string of the molecule is CCCCCCCCCCCCCCCCCC(=O)OC[C@H](COC(=O)CCCCCCCCCCC(C)C)OC(=O)CCCCCCCCCCCCCCCCCCC(C)C. The topological polar surface area (TPSA) is 78.9 Å². The first kappa shape index (κ1) is 61.4. The van der Waals surface area contributed by atoms with Crippen molar-refractivity contribution < 1.29 is 28.6 Å². The average molecular weight is 892 g/mol. The maximum Gasteiger partial charge on any atom is 0.306 e. The zero-order valence-electron chi connectivity index (χ0n) is 43.2. The Balaban J connectivity index is 4.26. The monoisotopic (exact) mass is 891 g/mol. The number of carbonyl (C=O) groups is 3. The molecule has 0 aliphatic rings. The smallest absolute Gasteiger partial charge is 0.306 e. The molecule has 0 aromatic rings. The molecule has 0 heterocycles. The molecule has 0 unspecified atom stereocenters. The van der Waals surface area contributed by atoms with Crippen LogP contribution >= 0.6 is 0 Å². The Morgan fingerprint density at radius 3 is 0.778 bits per heavy atom. The number of esters is 3. The second kappa shape index (κ2) is 49.8. The van der Waals surface area contributed by atoms with E-state index in [0.29, 0.717) is 19.3 Å². The number of hydrogen-bond donors (Lipinski definition) is 0. The van der Waals surface area contributed by atoms with Crippen LogP contribution < -0.4 is 0 Å². The molecule has 6 nitrogen and oxygen atoms in total. The van der Waals surface area contributed by atoms with Crippen LogP contribution in [0.1, 0.15) is 317 Å². The first-order chi connectivity index (χ1) is 30.7. The van der Waals surface area contributed by atoms with E-state index < -0.39 is 6.10 Å². The zero-order chi connectivity index (χ0) is 46.1. The Morgan fingerprint density at radius 2 is 0.524 bits per heavy atom. The summed E-state index contributed by atoms with van der Waals surface area (Å²) < 4.78 is 16.9. The van der Waals surface area contributed by atoms with Gasteiger partial charge in [0.05, 0.1) is 0 Å². The molecule has 374 valence electrons. The van der Waals surface area contributed by atoms with Crippen molar-refractivity contribution in [3.63, 3.8) is 0 Å². The maximum absolute atomic E-state index is 12.8. The molecule has 0 saturated carbocycles. The van der Waals surface area contributed by atoms with E-state index in [2.05, 4.69) is 34.6 Å². The Hall–Kier alpha value is -1.59.